The minimum atomic E-state index is 0.464. The van der Waals surface area contributed by atoms with Gasteiger partial charge in [0.25, 0.3) is 0 Å². The van der Waals surface area contributed by atoms with Crippen molar-refractivity contribution in [3.8, 4) is 0 Å². The van der Waals surface area contributed by atoms with Crippen molar-refractivity contribution in [1.29, 1.82) is 0 Å². The molecule has 0 aliphatic carbocycles. The summed E-state index contributed by atoms with van der Waals surface area (Å²) in [6.07, 6.45) is 9.22. The van der Waals surface area contributed by atoms with Gasteiger partial charge in [0.05, 0.1) is 6.10 Å². The van der Waals surface area contributed by atoms with Crippen LogP contribution in [-0.4, -0.2) is 19.3 Å². The van der Waals surface area contributed by atoms with Crippen LogP contribution in [0, 0.1) is 5.92 Å². The first-order chi connectivity index (χ1) is 7.70. The Morgan fingerprint density at radius 3 is 2.25 bits per heavy atom. The van der Waals surface area contributed by atoms with E-state index < -0.39 is 0 Å². The summed E-state index contributed by atoms with van der Waals surface area (Å²) in [4.78, 5) is 0. The van der Waals surface area contributed by atoms with Crippen molar-refractivity contribution in [2.75, 3.05) is 13.2 Å². The minimum absolute atomic E-state index is 0.464. The van der Waals surface area contributed by atoms with E-state index in [4.69, 9.17) is 10.5 Å². The van der Waals surface area contributed by atoms with E-state index in [-0.39, 0.29) is 0 Å². The molecule has 0 fully saturated rings. The summed E-state index contributed by atoms with van der Waals surface area (Å²) < 4.78 is 5.78. The first-order valence-electron chi connectivity index (χ1n) is 7.02. The van der Waals surface area contributed by atoms with E-state index in [2.05, 4.69) is 20.8 Å². The fourth-order valence-electron chi connectivity index (χ4n) is 1.84. The largest absolute Gasteiger partial charge is 0.378 e. The molecule has 0 saturated heterocycles. The molecule has 0 aliphatic heterocycles. The molecule has 0 radical (unpaired) electrons. The second-order valence-electron chi connectivity index (χ2n) is 5.08. The highest BCUT2D eigenvalue weighted by Gasteiger charge is 2.05. The lowest BCUT2D eigenvalue weighted by molar-refractivity contribution is 0.0426. The molecule has 2 heteroatoms. The lowest BCUT2D eigenvalue weighted by Crippen LogP contribution is -2.14. The molecular formula is C14H31NO. The van der Waals surface area contributed by atoms with E-state index in [1.54, 1.807) is 0 Å². The molecule has 0 aromatic rings. The molecule has 0 aromatic carbocycles. The highest BCUT2D eigenvalue weighted by atomic mass is 16.5. The first-order valence-corrected chi connectivity index (χ1v) is 7.02. The van der Waals surface area contributed by atoms with E-state index >= 15 is 0 Å². The summed E-state index contributed by atoms with van der Waals surface area (Å²) in [5.74, 6) is 0.850. The average molecular weight is 229 g/mol. The fraction of sp³-hybridized carbons (Fsp3) is 1.00. The van der Waals surface area contributed by atoms with Crippen LogP contribution in [0.15, 0.2) is 0 Å². The molecule has 2 N–H and O–H groups in total. The number of unbranched alkanes of at least 4 members (excludes halogenated alkanes) is 2. The van der Waals surface area contributed by atoms with Crippen molar-refractivity contribution in [3.63, 3.8) is 0 Å². The van der Waals surface area contributed by atoms with Crippen molar-refractivity contribution < 1.29 is 4.74 Å². The van der Waals surface area contributed by atoms with E-state index in [9.17, 15) is 0 Å². The summed E-state index contributed by atoms with van der Waals surface area (Å²) in [7, 11) is 0. The number of hydrogen-bond donors (Lipinski definition) is 1. The number of nitrogens with two attached hydrogens (primary N) is 1. The Balaban J connectivity index is 3.33. The maximum absolute atomic E-state index is 5.78. The van der Waals surface area contributed by atoms with E-state index in [1.807, 2.05) is 0 Å². The Labute approximate surface area is 102 Å². The SMILES string of the molecule is CCC(CCCCCC(C)C)OCCCN. The molecule has 1 atom stereocenters. The van der Waals surface area contributed by atoms with Gasteiger partial charge in [-0.15, -0.1) is 0 Å². The van der Waals surface area contributed by atoms with E-state index in [1.165, 1.54) is 32.1 Å². The zero-order valence-corrected chi connectivity index (χ0v) is 11.5. The summed E-state index contributed by atoms with van der Waals surface area (Å²) >= 11 is 0. The molecular weight excluding hydrogens is 198 g/mol. The van der Waals surface area contributed by atoms with Crippen LogP contribution in [-0.2, 0) is 4.74 Å². The molecule has 0 spiro atoms. The zero-order valence-electron chi connectivity index (χ0n) is 11.5. The van der Waals surface area contributed by atoms with Gasteiger partial charge >= 0.3 is 0 Å². The van der Waals surface area contributed by atoms with Gasteiger partial charge < -0.3 is 10.5 Å². The second-order valence-corrected chi connectivity index (χ2v) is 5.08. The predicted molar refractivity (Wildman–Crippen MR) is 71.6 cm³/mol. The Morgan fingerprint density at radius 1 is 1.00 bits per heavy atom. The molecule has 1 unspecified atom stereocenters. The molecule has 2 nitrogen and oxygen atoms in total. The molecule has 16 heavy (non-hydrogen) atoms. The Kier molecular flexibility index (Phi) is 11.3. The molecule has 98 valence electrons. The van der Waals surface area contributed by atoms with Crippen molar-refractivity contribution in [2.24, 2.45) is 11.7 Å². The van der Waals surface area contributed by atoms with Crippen molar-refractivity contribution in [2.45, 2.75) is 71.8 Å². The number of ether oxygens (including phenoxy) is 1. The Morgan fingerprint density at radius 2 is 1.69 bits per heavy atom. The van der Waals surface area contributed by atoms with Gasteiger partial charge in [-0.3, -0.25) is 0 Å². The average Bonchev–Trinajstić information content (AvgIpc) is 2.26. The van der Waals surface area contributed by atoms with Crippen molar-refractivity contribution in [1.82, 2.24) is 0 Å². The maximum Gasteiger partial charge on any atom is 0.0572 e. The molecule has 0 aromatic heterocycles. The van der Waals surface area contributed by atoms with Gasteiger partial charge in [-0.05, 0) is 31.7 Å². The van der Waals surface area contributed by atoms with E-state index in [0.717, 1.165) is 31.9 Å². The monoisotopic (exact) mass is 229 g/mol. The summed E-state index contributed by atoms with van der Waals surface area (Å²) in [5.41, 5.74) is 5.44. The second kappa shape index (κ2) is 11.4. The molecule has 0 amide bonds. The van der Waals surface area contributed by atoms with Gasteiger partial charge in [-0.25, -0.2) is 0 Å². The summed E-state index contributed by atoms with van der Waals surface area (Å²) in [6.45, 7) is 8.38. The third-order valence-electron chi connectivity index (χ3n) is 2.96. The van der Waals surface area contributed by atoms with Crippen LogP contribution < -0.4 is 5.73 Å². The highest BCUT2D eigenvalue weighted by Crippen LogP contribution is 2.13. The Hall–Kier alpha value is -0.0800. The molecule has 0 heterocycles. The third-order valence-corrected chi connectivity index (χ3v) is 2.96. The van der Waals surface area contributed by atoms with Crippen LogP contribution in [0.2, 0.25) is 0 Å². The van der Waals surface area contributed by atoms with E-state index in [0.29, 0.717) is 6.10 Å². The Bertz CT molecular complexity index is 137. The van der Waals surface area contributed by atoms with Crippen LogP contribution in [0.1, 0.15) is 65.7 Å². The molecule has 0 rings (SSSR count). The third kappa shape index (κ3) is 10.4. The lowest BCUT2D eigenvalue weighted by atomic mass is 10.0. The summed E-state index contributed by atoms with van der Waals surface area (Å²) in [5, 5.41) is 0. The van der Waals surface area contributed by atoms with Gasteiger partial charge in [0.2, 0.25) is 0 Å². The topological polar surface area (TPSA) is 35.2 Å². The van der Waals surface area contributed by atoms with Gasteiger partial charge in [0.1, 0.15) is 0 Å². The van der Waals surface area contributed by atoms with Crippen molar-refractivity contribution >= 4 is 0 Å². The molecule has 0 saturated carbocycles. The van der Waals surface area contributed by atoms with Crippen LogP contribution in [0.3, 0.4) is 0 Å². The van der Waals surface area contributed by atoms with Gasteiger partial charge in [0, 0.05) is 6.61 Å². The minimum Gasteiger partial charge on any atom is -0.378 e. The van der Waals surface area contributed by atoms with Gasteiger partial charge in [-0.2, -0.15) is 0 Å². The smallest absolute Gasteiger partial charge is 0.0572 e. The fourth-order valence-corrected chi connectivity index (χ4v) is 1.84. The first kappa shape index (κ1) is 15.9. The number of hydrogen-bond acceptors (Lipinski definition) is 2. The van der Waals surface area contributed by atoms with Crippen LogP contribution in [0.25, 0.3) is 0 Å². The van der Waals surface area contributed by atoms with Crippen molar-refractivity contribution in [3.05, 3.63) is 0 Å². The quantitative estimate of drug-likeness (QED) is 0.548. The normalized spacial score (nSPS) is 13.3. The van der Waals surface area contributed by atoms with Crippen LogP contribution >= 0.6 is 0 Å². The van der Waals surface area contributed by atoms with Crippen LogP contribution in [0.5, 0.6) is 0 Å². The molecule has 0 bridgehead atoms. The highest BCUT2D eigenvalue weighted by molar-refractivity contribution is 4.57. The maximum atomic E-state index is 5.78. The number of rotatable bonds is 11. The predicted octanol–water partition coefficient (Wildman–Crippen LogP) is 3.74. The van der Waals surface area contributed by atoms with Crippen LogP contribution in [0.4, 0.5) is 0 Å². The summed E-state index contributed by atoms with van der Waals surface area (Å²) in [6, 6.07) is 0. The lowest BCUT2D eigenvalue weighted by Gasteiger charge is -2.15. The van der Waals surface area contributed by atoms with Gasteiger partial charge in [-0.1, -0.05) is 46.5 Å². The standard InChI is InChI=1S/C14H31NO/c1-4-14(16-12-8-11-15)10-7-5-6-9-13(2)3/h13-14H,4-12,15H2,1-3H3. The molecule has 0 aliphatic rings. The van der Waals surface area contributed by atoms with Gasteiger partial charge in [0.15, 0.2) is 0 Å². The zero-order chi connectivity index (χ0) is 12.2.